The first-order valence-corrected chi connectivity index (χ1v) is 11.0. The van der Waals surface area contributed by atoms with E-state index in [1.807, 2.05) is 60.7 Å². The molecule has 1 saturated heterocycles. The molecular formula is C25H20N4OS. The first-order chi connectivity index (χ1) is 15.3. The van der Waals surface area contributed by atoms with Crippen molar-refractivity contribution in [2.24, 2.45) is 0 Å². The average Bonchev–Trinajstić information content (AvgIpc) is 3.48. The summed E-state index contributed by atoms with van der Waals surface area (Å²) in [7, 11) is 0. The third-order valence-electron chi connectivity index (χ3n) is 5.19. The van der Waals surface area contributed by atoms with Gasteiger partial charge in [-0.15, -0.1) is 11.3 Å². The van der Waals surface area contributed by atoms with Crippen LogP contribution >= 0.6 is 11.3 Å². The van der Waals surface area contributed by atoms with Crippen LogP contribution in [0.25, 0.3) is 10.2 Å². The van der Waals surface area contributed by atoms with E-state index in [2.05, 4.69) is 32.4 Å². The molecule has 3 heterocycles. The third kappa shape index (κ3) is 4.33. The lowest BCUT2D eigenvalue weighted by Crippen LogP contribution is -2.18. The number of aromatic nitrogens is 2. The standard InChI is InChI=1S/C25H20N4OS/c30-23(17-5-2-1-3-6-17)18-8-10-20(11-9-18)29-25-24-22(27-16-28-25)15-21(31-24)13-12-19-7-4-14-26-19/h1-3,5-6,8-11,15-16,19,26H,4,7,14H2,(H,27,28,29)/t19-/m1/s1. The van der Waals surface area contributed by atoms with E-state index in [0.29, 0.717) is 11.1 Å². The zero-order chi connectivity index (χ0) is 21.0. The zero-order valence-corrected chi connectivity index (χ0v) is 17.6. The minimum atomic E-state index is 0.00908. The largest absolute Gasteiger partial charge is 0.339 e. The Hall–Kier alpha value is -3.53. The molecule has 2 aromatic heterocycles. The molecule has 0 aliphatic carbocycles. The van der Waals surface area contributed by atoms with Gasteiger partial charge in [-0.1, -0.05) is 42.2 Å². The summed E-state index contributed by atoms with van der Waals surface area (Å²) in [5.41, 5.74) is 3.07. The van der Waals surface area contributed by atoms with Crippen molar-refractivity contribution in [2.75, 3.05) is 11.9 Å². The van der Waals surface area contributed by atoms with E-state index in [1.165, 1.54) is 6.42 Å². The summed E-state index contributed by atoms with van der Waals surface area (Å²) >= 11 is 1.59. The molecule has 0 saturated carbocycles. The maximum atomic E-state index is 12.6. The summed E-state index contributed by atoms with van der Waals surface area (Å²) < 4.78 is 0.968. The SMILES string of the molecule is O=C(c1ccccc1)c1ccc(Nc2ncnc3cc(C#C[C@H]4CCCN4)sc23)cc1. The Morgan fingerprint density at radius 2 is 1.87 bits per heavy atom. The highest BCUT2D eigenvalue weighted by molar-refractivity contribution is 7.20. The van der Waals surface area contributed by atoms with Crippen LogP contribution in [0.15, 0.2) is 67.0 Å². The van der Waals surface area contributed by atoms with Crippen LogP contribution in [0.1, 0.15) is 33.6 Å². The molecule has 0 amide bonds. The third-order valence-corrected chi connectivity index (χ3v) is 6.23. The Bertz CT molecular complexity index is 1280. The van der Waals surface area contributed by atoms with Crippen LogP contribution in [-0.2, 0) is 0 Å². The van der Waals surface area contributed by atoms with Crippen molar-refractivity contribution < 1.29 is 4.79 Å². The van der Waals surface area contributed by atoms with Crippen LogP contribution in [-0.4, -0.2) is 28.3 Å². The molecule has 5 nitrogen and oxygen atoms in total. The molecule has 0 unspecified atom stereocenters. The molecule has 0 spiro atoms. The lowest BCUT2D eigenvalue weighted by atomic mass is 10.0. The van der Waals surface area contributed by atoms with Crippen molar-refractivity contribution in [1.82, 2.24) is 15.3 Å². The molecular weight excluding hydrogens is 404 g/mol. The number of benzene rings is 2. The Morgan fingerprint density at radius 1 is 1.06 bits per heavy atom. The highest BCUT2D eigenvalue weighted by Gasteiger charge is 2.12. The summed E-state index contributed by atoms with van der Waals surface area (Å²) in [5, 5.41) is 6.75. The number of ketones is 1. The van der Waals surface area contributed by atoms with Gasteiger partial charge in [-0.05, 0) is 49.7 Å². The summed E-state index contributed by atoms with van der Waals surface area (Å²) in [6.07, 6.45) is 3.84. The van der Waals surface area contributed by atoms with Crippen LogP contribution in [0.4, 0.5) is 11.5 Å². The number of rotatable bonds is 4. The number of fused-ring (bicyclic) bond motifs is 1. The van der Waals surface area contributed by atoms with Gasteiger partial charge in [0.25, 0.3) is 0 Å². The van der Waals surface area contributed by atoms with Gasteiger partial charge in [0.15, 0.2) is 11.6 Å². The van der Waals surface area contributed by atoms with Crippen LogP contribution in [0.3, 0.4) is 0 Å². The van der Waals surface area contributed by atoms with Gasteiger partial charge in [0.2, 0.25) is 0 Å². The lowest BCUT2D eigenvalue weighted by molar-refractivity contribution is 0.103. The predicted octanol–water partition coefficient (Wildman–Crippen LogP) is 4.77. The average molecular weight is 425 g/mol. The Balaban J connectivity index is 1.36. The Morgan fingerprint density at radius 3 is 2.65 bits per heavy atom. The van der Waals surface area contributed by atoms with Crippen LogP contribution < -0.4 is 10.6 Å². The van der Waals surface area contributed by atoms with Gasteiger partial charge in [-0.2, -0.15) is 0 Å². The van der Waals surface area contributed by atoms with Crippen LogP contribution in [0.2, 0.25) is 0 Å². The number of nitrogens with one attached hydrogen (secondary N) is 2. The summed E-state index contributed by atoms with van der Waals surface area (Å²) in [5.74, 6) is 7.33. The molecule has 4 aromatic rings. The fourth-order valence-electron chi connectivity index (χ4n) is 3.57. The minimum absolute atomic E-state index is 0.00908. The normalized spacial score (nSPS) is 15.4. The van der Waals surface area contributed by atoms with E-state index in [0.717, 1.165) is 39.6 Å². The molecule has 0 radical (unpaired) electrons. The van der Waals surface area contributed by atoms with Crippen molar-refractivity contribution in [3.63, 3.8) is 0 Å². The molecule has 0 bridgehead atoms. The predicted molar refractivity (Wildman–Crippen MR) is 125 cm³/mol. The fourth-order valence-corrected chi connectivity index (χ4v) is 4.49. The van der Waals surface area contributed by atoms with E-state index < -0.39 is 0 Å². The molecule has 1 fully saturated rings. The van der Waals surface area contributed by atoms with Gasteiger partial charge in [-0.25, -0.2) is 9.97 Å². The van der Waals surface area contributed by atoms with Gasteiger partial charge in [0.1, 0.15) is 6.33 Å². The number of anilines is 2. The highest BCUT2D eigenvalue weighted by Crippen LogP contribution is 2.30. The first-order valence-electron chi connectivity index (χ1n) is 10.2. The smallest absolute Gasteiger partial charge is 0.193 e. The number of hydrogen-bond acceptors (Lipinski definition) is 6. The highest BCUT2D eigenvalue weighted by atomic mass is 32.1. The molecule has 1 atom stereocenters. The van der Waals surface area contributed by atoms with Crippen molar-refractivity contribution >= 4 is 38.8 Å². The Kier molecular flexibility index (Phi) is 5.44. The molecule has 5 rings (SSSR count). The van der Waals surface area contributed by atoms with Gasteiger partial charge >= 0.3 is 0 Å². The number of nitrogens with zero attached hydrogens (tertiary/aromatic N) is 2. The fraction of sp³-hybridized carbons (Fsp3) is 0.160. The maximum Gasteiger partial charge on any atom is 0.193 e. The van der Waals surface area contributed by atoms with Crippen molar-refractivity contribution in [3.05, 3.63) is 83.0 Å². The quantitative estimate of drug-likeness (QED) is 0.365. The summed E-state index contributed by atoms with van der Waals surface area (Å²) in [4.78, 5) is 22.4. The first kappa shape index (κ1) is 19.4. The minimum Gasteiger partial charge on any atom is -0.339 e. The number of carbonyl (C=O) groups is 1. The van der Waals surface area contributed by atoms with E-state index in [-0.39, 0.29) is 11.8 Å². The number of carbonyl (C=O) groups excluding carboxylic acids is 1. The molecule has 1 aliphatic heterocycles. The molecule has 31 heavy (non-hydrogen) atoms. The molecule has 6 heteroatoms. The maximum absolute atomic E-state index is 12.6. The second-order valence-electron chi connectivity index (χ2n) is 7.36. The molecule has 2 N–H and O–H groups in total. The molecule has 152 valence electrons. The topological polar surface area (TPSA) is 66.9 Å². The van der Waals surface area contributed by atoms with E-state index in [4.69, 9.17) is 0 Å². The van der Waals surface area contributed by atoms with Crippen molar-refractivity contribution in [2.45, 2.75) is 18.9 Å². The summed E-state index contributed by atoms with van der Waals surface area (Å²) in [6.45, 7) is 1.04. The second-order valence-corrected chi connectivity index (χ2v) is 8.42. The Labute approximate surface area is 184 Å². The van der Waals surface area contributed by atoms with Crippen LogP contribution in [0.5, 0.6) is 0 Å². The molecule has 1 aliphatic rings. The van der Waals surface area contributed by atoms with E-state index in [9.17, 15) is 4.79 Å². The monoisotopic (exact) mass is 424 g/mol. The van der Waals surface area contributed by atoms with Gasteiger partial charge in [0.05, 0.1) is 21.1 Å². The number of thiophene rings is 1. The summed E-state index contributed by atoms with van der Waals surface area (Å²) in [6, 6.07) is 19.0. The van der Waals surface area contributed by atoms with Crippen molar-refractivity contribution in [1.29, 1.82) is 0 Å². The molecule has 2 aromatic carbocycles. The zero-order valence-electron chi connectivity index (χ0n) is 16.8. The van der Waals surface area contributed by atoms with E-state index >= 15 is 0 Å². The number of hydrogen-bond donors (Lipinski definition) is 2. The van der Waals surface area contributed by atoms with E-state index in [1.54, 1.807) is 17.7 Å². The van der Waals surface area contributed by atoms with Gasteiger partial charge in [0, 0.05) is 16.8 Å². The second kappa shape index (κ2) is 8.68. The van der Waals surface area contributed by atoms with Gasteiger partial charge < -0.3 is 10.6 Å². The lowest BCUT2D eigenvalue weighted by Gasteiger charge is -2.07. The van der Waals surface area contributed by atoms with Gasteiger partial charge in [-0.3, -0.25) is 4.79 Å². The van der Waals surface area contributed by atoms with Crippen molar-refractivity contribution in [3.8, 4) is 11.8 Å². The van der Waals surface area contributed by atoms with Crippen LogP contribution in [0, 0.1) is 11.8 Å².